The number of hydrogen-bond donors (Lipinski definition) is 1. The largest absolute Gasteiger partial charge is 0.478 e. The lowest BCUT2D eigenvalue weighted by Crippen LogP contribution is -1.84. The fourth-order valence-corrected chi connectivity index (χ4v) is 1.85. The fraction of sp³-hybridized carbons (Fsp3) is 0. The Morgan fingerprint density at radius 1 is 1.82 bits per heavy atom. The van der Waals surface area contributed by atoms with Gasteiger partial charge >= 0.3 is 5.97 Å². The molecule has 1 rings (SSSR count). The third kappa shape index (κ3) is 2.98. The molecule has 1 N–H and O–H groups in total. The monoisotopic (exact) mass is 281 g/mol. The highest BCUT2D eigenvalue weighted by Crippen LogP contribution is 2.15. The van der Waals surface area contributed by atoms with E-state index in [1.165, 1.54) is 17.4 Å². The molecule has 0 aliphatic carbocycles. The molecule has 1 heterocycles. The van der Waals surface area contributed by atoms with Crippen LogP contribution in [-0.2, 0) is 4.79 Å². The molecule has 58 valence electrons. The number of aromatic nitrogens is 1. The van der Waals surface area contributed by atoms with Gasteiger partial charge in [-0.05, 0) is 28.7 Å². The molecule has 0 radical (unpaired) electrons. The molecule has 0 amide bonds. The molecule has 0 bridgehead atoms. The smallest absolute Gasteiger partial charge is 0.328 e. The Balaban J connectivity index is 2.71. The summed E-state index contributed by atoms with van der Waals surface area (Å²) >= 11 is 3.59. The minimum absolute atomic E-state index is 0.719. The second-order valence-electron chi connectivity index (χ2n) is 1.67. The van der Waals surface area contributed by atoms with Crippen molar-refractivity contribution in [1.29, 1.82) is 0 Å². The van der Waals surface area contributed by atoms with Crippen molar-refractivity contribution in [3.05, 3.63) is 20.2 Å². The van der Waals surface area contributed by atoms with Gasteiger partial charge in [0.05, 0.1) is 9.08 Å². The summed E-state index contributed by atoms with van der Waals surface area (Å²) in [7, 11) is 0. The van der Waals surface area contributed by atoms with Crippen molar-refractivity contribution in [3.63, 3.8) is 0 Å². The standard InChI is InChI=1S/C6H4INO2S/c7-4-3-8-5(11-4)1-2-6(9)10/h1-3H,(H,9,10)/b2-1+. The minimum atomic E-state index is -0.949. The zero-order valence-electron chi connectivity index (χ0n) is 5.32. The van der Waals surface area contributed by atoms with Gasteiger partial charge in [-0.2, -0.15) is 0 Å². The topological polar surface area (TPSA) is 50.2 Å². The van der Waals surface area contributed by atoms with Gasteiger partial charge in [-0.25, -0.2) is 9.78 Å². The van der Waals surface area contributed by atoms with E-state index in [0.717, 1.165) is 14.0 Å². The zero-order valence-corrected chi connectivity index (χ0v) is 8.29. The van der Waals surface area contributed by atoms with Crippen LogP contribution in [0.5, 0.6) is 0 Å². The fourth-order valence-electron chi connectivity index (χ4n) is 0.487. The van der Waals surface area contributed by atoms with Crippen LogP contribution in [-0.4, -0.2) is 16.1 Å². The number of thiazole rings is 1. The third-order valence-electron chi connectivity index (χ3n) is 0.864. The summed E-state index contributed by atoms with van der Waals surface area (Å²) in [4.78, 5) is 14.0. The Labute approximate surface area is 80.9 Å². The average molecular weight is 281 g/mol. The Morgan fingerprint density at radius 3 is 3.00 bits per heavy atom. The number of nitrogens with zero attached hydrogens (tertiary/aromatic N) is 1. The Bertz CT molecular complexity index is 295. The number of carboxylic acid groups (broad SMARTS) is 1. The maximum atomic E-state index is 10.1. The highest BCUT2D eigenvalue weighted by Gasteiger charge is 1.94. The van der Waals surface area contributed by atoms with Gasteiger partial charge in [-0.15, -0.1) is 11.3 Å². The molecule has 0 fully saturated rings. The summed E-state index contributed by atoms with van der Waals surface area (Å²) in [5.74, 6) is -0.949. The van der Waals surface area contributed by atoms with Crippen molar-refractivity contribution in [2.45, 2.75) is 0 Å². The van der Waals surface area contributed by atoms with Crippen molar-refractivity contribution >= 4 is 46.0 Å². The van der Waals surface area contributed by atoms with Gasteiger partial charge in [0.1, 0.15) is 5.01 Å². The molecule has 0 aromatic carbocycles. The second-order valence-corrected chi connectivity index (χ2v) is 4.63. The molecule has 1 aromatic rings. The maximum absolute atomic E-state index is 10.1. The lowest BCUT2D eigenvalue weighted by atomic mass is 10.5. The molecule has 11 heavy (non-hydrogen) atoms. The van der Waals surface area contributed by atoms with E-state index < -0.39 is 5.97 Å². The van der Waals surface area contributed by atoms with E-state index in [1.54, 1.807) is 6.20 Å². The Morgan fingerprint density at radius 2 is 2.55 bits per heavy atom. The van der Waals surface area contributed by atoms with E-state index in [2.05, 4.69) is 27.6 Å². The number of hydrogen-bond acceptors (Lipinski definition) is 3. The molecule has 0 unspecified atom stereocenters. The first-order valence-corrected chi connectivity index (χ1v) is 4.60. The summed E-state index contributed by atoms with van der Waals surface area (Å²) in [6.07, 6.45) is 4.26. The molecular weight excluding hydrogens is 277 g/mol. The van der Waals surface area contributed by atoms with Gasteiger partial charge in [-0.3, -0.25) is 0 Å². The van der Waals surface area contributed by atoms with Crippen LogP contribution in [0.4, 0.5) is 0 Å². The van der Waals surface area contributed by atoms with Crippen molar-refractivity contribution in [2.24, 2.45) is 0 Å². The van der Waals surface area contributed by atoms with Crippen molar-refractivity contribution < 1.29 is 9.90 Å². The third-order valence-corrected chi connectivity index (χ3v) is 2.55. The first kappa shape index (κ1) is 8.66. The molecule has 0 aliphatic rings. The number of aliphatic carboxylic acids is 1. The summed E-state index contributed by atoms with van der Waals surface area (Å²) in [6, 6.07) is 0. The molecular formula is C6H4INO2S. The number of carboxylic acids is 1. The van der Waals surface area contributed by atoms with Gasteiger partial charge in [0.15, 0.2) is 0 Å². The zero-order chi connectivity index (χ0) is 8.27. The second kappa shape index (κ2) is 3.82. The molecule has 0 atom stereocenters. The first-order valence-electron chi connectivity index (χ1n) is 2.71. The van der Waals surface area contributed by atoms with Crippen molar-refractivity contribution in [3.8, 4) is 0 Å². The molecule has 3 nitrogen and oxygen atoms in total. The minimum Gasteiger partial charge on any atom is -0.478 e. The van der Waals surface area contributed by atoms with Crippen LogP contribution in [0.2, 0.25) is 0 Å². The summed E-state index contributed by atoms with van der Waals surface area (Å²) < 4.78 is 1.05. The number of carbonyl (C=O) groups is 1. The SMILES string of the molecule is O=C(O)/C=C/c1ncc(I)s1. The number of halogens is 1. The van der Waals surface area contributed by atoms with E-state index in [-0.39, 0.29) is 0 Å². The predicted octanol–water partition coefficient (Wildman–Crippen LogP) is 1.85. The molecule has 0 saturated heterocycles. The Hall–Kier alpha value is -0.430. The lowest BCUT2D eigenvalue weighted by Gasteiger charge is -1.78. The number of rotatable bonds is 2. The highest BCUT2D eigenvalue weighted by atomic mass is 127. The predicted molar refractivity (Wildman–Crippen MR) is 51.5 cm³/mol. The van der Waals surface area contributed by atoms with E-state index >= 15 is 0 Å². The first-order chi connectivity index (χ1) is 5.18. The quantitative estimate of drug-likeness (QED) is 0.664. The summed E-state index contributed by atoms with van der Waals surface area (Å²) in [5, 5.41) is 8.99. The average Bonchev–Trinajstić information content (AvgIpc) is 2.31. The van der Waals surface area contributed by atoms with Crippen molar-refractivity contribution in [2.75, 3.05) is 0 Å². The van der Waals surface area contributed by atoms with Crippen LogP contribution in [0.3, 0.4) is 0 Å². The van der Waals surface area contributed by atoms with Crippen LogP contribution in [0.1, 0.15) is 5.01 Å². The van der Waals surface area contributed by atoms with Gasteiger partial charge < -0.3 is 5.11 Å². The van der Waals surface area contributed by atoms with E-state index in [1.807, 2.05) is 0 Å². The van der Waals surface area contributed by atoms with E-state index in [9.17, 15) is 4.79 Å². The van der Waals surface area contributed by atoms with Crippen LogP contribution in [0.25, 0.3) is 6.08 Å². The van der Waals surface area contributed by atoms with E-state index in [4.69, 9.17) is 5.11 Å². The molecule has 0 aliphatic heterocycles. The molecule has 0 spiro atoms. The normalized spacial score (nSPS) is 10.6. The van der Waals surface area contributed by atoms with Gasteiger partial charge in [0, 0.05) is 6.08 Å². The van der Waals surface area contributed by atoms with E-state index in [0.29, 0.717) is 0 Å². The van der Waals surface area contributed by atoms with Gasteiger partial charge in [-0.1, -0.05) is 0 Å². The highest BCUT2D eigenvalue weighted by molar-refractivity contribution is 14.1. The lowest BCUT2D eigenvalue weighted by molar-refractivity contribution is -0.131. The maximum Gasteiger partial charge on any atom is 0.328 e. The molecule has 5 heteroatoms. The van der Waals surface area contributed by atoms with Crippen LogP contribution in [0.15, 0.2) is 12.3 Å². The molecule has 0 saturated carbocycles. The van der Waals surface area contributed by atoms with Crippen molar-refractivity contribution in [1.82, 2.24) is 4.98 Å². The van der Waals surface area contributed by atoms with Crippen LogP contribution < -0.4 is 0 Å². The van der Waals surface area contributed by atoms with Gasteiger partial charge in [0.25, 0.3) is 0 Å². The van der Waals surface area contributed by atoms with Gasteiger partial charge in [0.2, 0.25) is 0 Å². The molecule has 1 aromatic heterocycles. The summed E-state index contributed by atoms with van der Waals surface area (Å²) in [5.41, 5.74) is 0. The van der Waals surface area contributed by atoms with Crippen LogP contribution in [0, 0.1) is 2.88 Å². The Kier molecular flexibility index (Phi) is 3.01. The van der Waals surface area contributed by atoms with Crippen LogP contribution >= 0.6 is 33.9 Å². The summed E-state index contributed by atoms with van der Waals surface area (Å²) in [6.45, 7) is 0.